The van der Waals surface area contributed by atoms with Crippen molar-refractivity contribution in [2.24, 2.45) is 0 Å². The monoisotopic (exact) mass is 444 g/mol. The van der Waals surface area contributed by atoms with Gasteiger partial charge in [-0.05, 0) is 49.1 Å². The van der Waals surface area contributed by atoms with E-state index in [1.165, 1.54) is 5.70 Å². The molecule has 3 aromatic rings. The number of nitrogens with one attached hydrogen (secondary N) is 2. The maximum atomic E-state index is 12.2. The SMILES string of the molecule is CCc1cc2ncc(CN3CCN(c4ccc(C(=O)NC)nc4)C4=CCC[C@H]43)cc2[nH]c1=O. The number of piperazine rings is 1. The van der Waals surface area contributed by atoms with E-state index in [-0.39, 0.29) is 11.5 Å². The number of carbonyl (C=O) groups excluding carboxylic acids is 1. The lowest BCUT2D eigenvalue weighted by atomic mass is 10.1. The minimum Gasteiger partial charge on any atom is -0.354 e. The summed E-state index contributed by atoms with van der Waals surface area (Å²) in [5.41, 5.74) is 6.17. The number of amides is 1. The molecule has 8 heteroatoms. The molecule has 1 aliphatic carbocycles. The van der Waals surface area contributed by atoms with Crippen molar-refractivity contribution in [3.05, 3.63) is 75.6 Å². The molecule has 1 amide bonds. The number of hydrogen-bond acceptors (Lipinski definition) is 6. The summed E-state index contributed by atoms with van der Waals surface area (Å²) in [6, 6.07) is 8.01. The van der Waals surface area contributed by atoms with Crippen LogP contribution in [-0.4, -0.2) is 51.9 Å². The molecule has 33 heavy (non-hydrogen) atoms. The lowest BCUT2D eigenvalue weighted by molar-refractivity contribution is 0.0958. The van der Waals surface area contributed by atoms with Crippen LogP contribution in [0.15, 0.2) is 53.2 Å². The first-order valence-corrected chi connectivity index (χ1v) is 11.5. The highest BCUT2D eigenvalue weighted by molar-refractivity contribution is 5.92. The topological polar surface area (TPSA) is 94.2 Å². The number of aryl methyl sites for hydroxylation is 1. The average Bonchev–Trinajstić information content (AvgIpc) is 3.34. The van der Waals surface area contributed by atoms with Gasteiger partial charge in [0.05, 0.1) is 29.0 Å². The van der Waals surface area contributed by atoms with Gasteiger partial charge < -0.3 is 15.2 Å². The van der Waals surface area contributed by atoms with Crippen LogP contribution in [0.5, 0.6) is 0 Å². The van der Waals surface area contributed by atoms with Crippen molar-refractivity contribution in [2.75, 3.05) is 25.0 Å². The summed E-state index contributed by atoms with van der Waals surface area (Å²) in [4.78, 5) is 40.8. The van der Waals surface area contributed by atoms with Gasteiger partial charge in [0, 0.05) is 44.1 Å². The zero-order valence-electron chi connectivity index (χ0n) is 19.0. The van der Waals surface area contributed by atoms with Crippen molar-refractivity contribution in [2.45, 2.75) is 38.8 Å². The predicted octanol–water partition coefficient (Wildman–Crippen LogP) is 2.61. The van der Waals surface area contributed by atoms with E-state index in [4.69, 9.17) is 0 Å². The third-order valence-corrected chi connectivity index (χ3v) is 6.61. The normalized spacial score (nSPS) is 18.3. The summed E-state index contributed by atoms with van der Waals surface area (Å²) >= 11 is 0. The highest BCUT2D eigenvalue weighted by Crippen LogP contribution is 2.34. The van der Waals surface area contributed by atoms with Crippen LogP contribution in [-0.2, 0) is 13.0 Å². The van der Waals surface area contributed by atoms with Gasteiger partial charge in [-0.25, -0.2) is 4.98 Å². The molecule has 1 atom stereocenters. The number of aromatic amines is 1. The van der Waals surface area contributed by atoms with Crippen molar-refractivity contribution in [3.63, 3.8) is 0 Å². The predicted molar refractivity (Wildman–Crippen MR) is 128 cm³/mol. The molecule has 2 N–H and O–H groups in total. The van der Waals surface area contributed by atoms with Crippen LogP contribution in [0.4, 0.5) is 5.69 Å². The molecule has 0 radical (unpaired) electrons. The van der Waals surface area contributed by atoms with Crippen LogP contribution in [0.2, 0.25) is 0 Å². The molecular weight excluding hydrogens is 416 g/mol. The summed E-state index contributed by atoms with van der Waals surface area (Å²) in [6.07, 6.45) is 8.83. The Hall–Kier alpha value is -3.52. The molecule has 0 saturated carbocycles. The first-order valence-electron chi connectivity index (χ1n) is 11.5. The Morgan fingerprint density at radius 3 is 2.85 bits per heavy atom. The number of allylic oxidation sites excluding steroid dienone is 1. The lowest BCUT2D eigenvalue weighted by Gasteiger charge is -2.42. The van der Waals surface area contributed by atoms with Crippen LogP contribution in [0.25, 0.3) is 11.0 Å². The maximum absolute atomic E-state index is 12.2. The summed E-state index contributed by atoms with van der Waals surface area (Å²) in [5, 5.41) is 2.61. The fourth-order valence-electron chi connectivity index (χ4n) is 4.87. The van der Waals surface area contributed by atoms with Crippen molar-refractivity contribution >= 4 is 22.6 Å². The first kappa shape index (κ1) is 21.3. The molecule has 4 heterocycles. The van der Waals surface area contributed by atoms with E-state index >= 15 is 0 Å². The van der Waals surface area contributed by atoms with E-state index in [2.05, 4.69) is 42.2 Å². The molecule has 5 rings (SSSR count). The van der Waals surface area contributed by atoms with E-state index in [9.17, 15) is 9.59 Å². The molecule has 3 aromatic heterocycles. The van der Waals surface area contributed by atoms with E-state index in [0.29, 0.717) is 18.2 Å². The molecule has 1 aliphatic heterocycles. The van der Waals surface area contributed by atoms with Crippen molar-refractivity contribution < 1.29 is 4.79 Å². The van der Waals surface area contributed by atoms with E-state index in [1.54, 1.807) is 19.3 Å². The number of hydrogen-bond donors (Lipinski definition) is 2. The highest BCUT2D eigenvalue weighted by Gasteiger charge is 2.34. The summed E-state index contributed by atoms with van der Waals surface area (Å²) < 4.78 is 0. The molecule has 8 nitrogen and oxygen atoms in total. The number of rotatable bonds is 5. The van der Waals surface area contributed by atoms with Gasteiger partial charge in [-0.2, -0.15) is 0 Å². The van der Waals surface area contributed by atoms with Crippen molar-refractivity contribution in [3.8, 4) is 0 Å². The second-order valence-corrected chi connectivity index (χ2v) is 8.58. The molecule has 0 bridgehead atoms. The van der Waals surface area contributed by atoms with Gasteiger partial charge in [-0.15, -0.1) is 0 Å². The number of H-pyrrole nitrogens is 1. The Bertz CT molecular complexity index is 1280. The molecule has 0 unspecified atom stereocenters. The number of anilines is 1. The zero-order chi connectivity index (χ0) is 22.9. The highest BCUT2D eigenvalue weighted by atomic mass is 16.1. The Morgan fingerprint density at radius 1 is 1.21 bits per heavy atom. The van der Waals surface area contributed by atoms with E-state index in [0.717, 1.165) is 60.3 Å². The van der Waals surface area contributed by atoms with Crippen LogP contribution >= 0.6 is 0 Å². The van der Waals surface area contributed by atoms with Gasteiger partial charge in [-0.1, -0.05) is 13.0 Å². The summed E-state index contributed by atoms with van der Waals surface area (Å²) in [6.45, 7) is 4.51. The van der Waals surface area contributed by atoms with Gasteiger partial charge in [0.25, 0.3) is 11.5 Å². The quantitative estimate of drug-likeness (QED) is 0.628. The number of nitrogens with zero attached hydrogens (tertiary/aromatic N) is 4. The van der Waals surface area contributed by atoms with E-state index in [1.807, 2.05) is 25.3 Å². The summed E-state index contributed by atoms with van der Waals surface area (Å²) in [5.74, 6) is -0.180. The smallest absolute Gasteiger partial charge is 0.269 e. The van der Waals surface area contributed by atoms with Crippen LogP contribution in [0.3, 0.4) is 0 Å². The van der Waals surface area contributed by atoms with Gasteiger partial charge >= 0.3 is 0 Å². The van der Waals surface area contributed by atoms with Crippen molar-refractivity contribution in [1.82, 2.24) is 25.2 Å². The number of pyridine rings is 3. The molecular formula is C25H28N6O2. The Labute approximate surface area is 192 Å². The largest absolute Gasteiger partial charge is 0.354 e. The third kappa shape index (κ3) is 4.02. The molecule has 0 aromatic carbocycles. The van der Waals surface area contributed by atoms with Gasteiger partial charge in [-0.3, -0.25) is 19.5 Å². The molecule has 1 fully saturated rings. The molecule has 2 aliphatic rings. The Kier molecular flexibility index (Phi) is 5.68. The minimum atomic E-state index is -0.180. The van der Waals surface area contributed by atoms with Gasteiger partial charge in [0.15, 0.2) is 0 Å². The standard InChI is InChI=1S/C25H28N6O2/c1-3-17-12-20-21(29-24(17)32)11-16(13-27-20)15-30-9-10-31(23-6-4-5-22(23)30)18-7-8-19(28-14-18)25(33)26-2/h6-8,11-14,22H,3-5,9-10,15H2,1-2H3,(H,26,33)(H,29,32)/t22-/m1/s1. The lowest BCUT2D eigenvalue weighted by Crippen LogP contribution is -2.49. The third-order valence-electron chi connectivity index (χ3n) is 6.61. The van der Waals surface area contributed by atoms with E-state index < -0.39 is 0 Å². The second kappa shape index (κ2) is 8.78. The summed E-state index contributed by atoms with van der Waals surface area (Å²) in [7, 11) is 1.61. The van der Waals surface area contributed by atoms with Crippen LogP contribution in [0.1, 0.15) is 41.4 Å². The molecule has 1 saturated heterocycles. The fourth-order valence-corrected chi connectivity index (χ4v) is 4.87. The minimum absolute atomic E-state index is 0.0328. The second-order valence-electron chi connectivity index (χ2n) is 8.58. The van der Waals surface area contributed by atoms with Crippen molar-refractivity contribution in [1.29, 1.82) is 0 Å². The van der Waals surface area contributed by atoms with Crippen LogP contribution in [0, 0.1) is 0 Å². The number of carbonyl (C=O) groups is 1. The maximum Gasteiger partial charge on any atom is 0.269 e. The van der Waals surface area contributed by atoms with Crippen LogP contribution < -0.4 is 15.8 Å². The number of fused-ring (bicyclic) bond motifs is 2. The van der Waals surface area contributed by atoms with Gasteiger partial charge in [0.2, 0.25) is 0 Å². The Morgan fingerprint density at radius 2 is 2.09 bits per heavy atom. The Balaban J connectivity index is 1.34. The molecule has 0 spiro atoms. The average molecular weight is 445 g/mol. The molecule has 170 valence electrons. The number of aromatic nitrogens is 3. The van der Waals surface area contributed by atoms with Gasteiger partial charge in [0.1, 0.15) is 5.69 Å². The zero-order valence-corrected chi connectivity index (χ0v) is 19.0. The first-order chi connectivity index (χ1) is 16.1. The fraction of sp³-hybridized carbons (Fsp3) is 0.360.